The van der Waals surface area contributed by atoms with Crippen LogP contribution >= 0.6 is 11.3 Å². The fraction of sp³-hybridized carbons (Fsp3) is 0.375. The van der Waals surface area contributed by atoms with E-state index in [-0.39, 0.29) is 0 Å². The normalized spacial score (nSPS) is 9.75. The Labute approximate surface area is 95.4 Å². The number of carbonyl (C=O) groups is 2. The minimum Gasteiger partial charge on any atom is -0.479 e. The lowest BCUT2D eigenvalue weighted by Crippen LogP contribution is -2.37. The zero-order valence-corrected chi connectivity index (χ0v) is 9.12. The van der Waals surface area contributed by atoms with Crippen molar-refractivity contribution in [3.8, 4) is 0 Å². The number of thiazole rings is 1. The van der Waals surface area contributed by atoms with Gasteiger partial charge in [-0.05, 0) is 0 Å². The van der Waals surface area contributed by atoms with Gasteiger partial charge in [0.25, 0.3) is 0 Å². The summed E-state index contributed by atoms with van der Waals surface area (Å²) in [6.45, 7) is -0.157. The first-order valence-electron chi connectivity index (χ1n) is 4.44. The maximum absolute atomic E-state index is 11.0. The molecular weight excluding hydrogens is 234 g/mol. The molecule has 16 heavy (non-hydrogen) atoms. The molecule has 0 unspecified atom stereocenters. The molecule has 0 aliphatic heterocycles. The molecule has 7 nitrogen and oxygen atoms in total. The summed E-state index contributed by atoms with van der Waals surface area (Å²) in [5.74, 6) is -1.15. The molecule has 3 N–H and O–H groups in total. The van der Waals surface area contributed by atoms with Crippen molar-refractivity contribution in [2.24, 2.45) is 0 Å². The lowest BCUT2D eigenvalue weighted by Gasteiger charge is -2.05. The van der Waals surface area contributed by atoms with Crippen molar-refractivity contribution in [3.05, 3.63) is 16.6 Å². The highest BCUT2D eigenvalue weighted by Gasteiger charge is 2.02. The number of carboxylic acids is 1. The van der Waals surface area contributed by atoms with Crippen LogP contribution in [0.15, 0.2) is 11.6 Å². The minimum atomic E-state index is -1.15. The molecule has 88 valence electrons. The number of nitrogens with one attached hydrogen (secondary N) is 2. The number of rotatable bonds is 6. The van der Waals surface area contributed by atoms with Gasteiger partial charge in [-0.3, -0.25) is 4.84 Å². The van der Waals surface area contributed by atoms with E-state index in [0.717, 1.165) is 5.01 Å². The van der Waals surface area contributed by atoms with Crippen LogP contribution in [0, 0.1) is 0 Å². The standard InChI is InChI=1S/C8H11N3O4S/c12-7(13)5-15-11-8(14)10-2-1-6-9-3-4-16-6/h3-4H,1-2,5H2,(H,12,13)(H2,10,11,14). The van der Waals surface area contributed by atoms with Gasteiger partial charge in [-0.25, -0.2) is 20.1 Å². The van der Waals surface area contributed by atoms with Crippen molar-refractivity contribution in [1.29, 1.82) is 0 Å². The monoisotopic (exact) mass is 245 g/mol. The number of aliphatic carboxylic acids is 1. The molecule has 1 rings (SSSR count). The Bertz CT molecular complexity index is 341. The van der Waals surface area contributed by atoms with Crippen molar-refractivity contribution >= 4 is 23.3 Å². The maximum Gasteiger partial charge on any atom is 0.338 e. The summed E-state index contributed by atoms with van der Waals surface area (Å²) in [7, 11) is 0. The number of hydrogen-bond acceptors (Lipinski definition) is 5. The third-order valence-electron chi connectivity index (χ3n) is 1.47. The van der Waals surface area contributed by atoms with Crippen LogP contribution < -0.4 is 10.8 Å². The molecule has 0 aromatic carbocycles. The number of hydroxylamine groups is 1. The van der Waals surface area contributed by atoms with Gasteiger partial charge in [0.15, 0.2) is 6.61 Å². The number of nitrogens with zero attached hydrogens (tertiary/aromatic N) is 1. The van der Waals surface area contributed by atoms with E-state index in [1.807, 2.05) is 10.9 Å². The van der Waals surface area contributed by atoms with E-state index < -0.39 is 18.6 Å². The van der Waals surface area contributed by atoms with E-state index >= 15 is 0 Å². The first-order chi connectivity index (χ1) is 7.68. The highest BCUT2D eigenvalue weighted by Crippen LogP contribution is 2.03. The van der Waals surface area contributed by atoms with E-state index in [1.165, 1.54) is 11.3 Å². The fourth-order valence-corrected chi connectivity index (χ4v) is 1.48. The topological polar surface area (TPSA) is 101 Å². The molecular formula is C8H11N3O4S. The number of amides is 2. The molecule has 0 atom stereocenters. The molecule has 0 aliphatic carbocycles. The summed E-state index contributed by atoms with van der Waals surface area (Å²) in [6, 6.07) is -0.571. The number of hydrogen-bond donors (Lipinski definition) is 3. The Hall–Kier alpha value is -1.67. The van der Waals surface area contributed by atoms with E-state index in [0.29, 0.717) is 13.0 Å². The van der Waals surface area contributed by atoms with Crippen molar-refractivity contribution in [1.82, 2.24) is 15.8 Å². The molecule has 1 heterocycles. The molecule has 0 fully saturated rings. The van der Waals surface area contributed by atoms with Crippen molar-refractivity contribution in [2.45, 2.75) is 6.42 Å². The van der Waals surface area contributed by atoms with Crippen LogP contribution in [-0.4, -0.2) is 35.2 Å². The average molecular weight is 245 g/mol. The summed E-state index contributed by atoms with van der Waals surface area (Å²) in [5, 5.41) is 13.5. The number of carboxylic acid groups (broad SMARTS) is 1. The van der Waals surface area contributed by atoms with Crippen LogP contribution in [0.3, 0.4) is 0 Å². The zero-order chi connectivity index (χ0) is 11.8. The third-order valence-corrected chi connectivity index (χ3v) is 2.31. The van der Waals surface area contributed by atoms with E-state index in [4.69, 9.17) is 5.11 Å². The Morgan fingerprint density at radius 2 is 2.38 bits per heavy atom. The summed E-state index contributed by atoms with van der Waals surface area (Å²) in [5.41, 5.74) is 1.95. The van der Waals surface area contributed by atoms with Crippen molar-refractivity contribution in [2.75, 3.05) is 13.2 Å². The molecule has 8 heteroatoms. The van der Waals surface area contributed by atoms with Gasteiger partial charge >= 0.3 is 12.0 Å². The Balaban J connectivity index is 2.04. The molecule has 2 amide bonds. The predicted molar refractivity (Wildman–Crippen MR) is 55.9 cm³/mol. The molecule has 0 aliphatic rings. The van der Waals surface area contributed by atoms with Gasteiger partial charge < -0.3 is 10.4 Å². The molecule has 0 spiro atoms. The van der Waals surface area contributed by atoms with Crippen LogP contribution in [0.25, 0.3) is 0 Å². The van der Waals surface area contributed by atoms with Gasteiger partial charge in [0.1, 0.15) is 0 Å². The van der Waals surface area contributed by atoms with Gasteiger partial charge in [0.05, 0.1) is 5.01 Å². The van der Waals surface area contributed by atoms with Gasteiger partial charge in [-0.2, -0.15) is 0 Å². The third kappa shape index (κ3) is 5.27. The average Bonchev–Trinajstić information content (AvgIpc) is 2.70. The number of carbonyl (C=O) groups excluding carboxylic acids is 1. The molecule has 0 saturated carbocycles. The second kappa shape index (κ2) is 6.75. The van der Waals surface area contributed by atoms with E-state index in [9.17, 15) is 9.59 Å². The lowest BCUT2D eigenvalue weighted by molar-refractivity contribution is -0.144. The lowest BCUT2D eigenvalue weighted by atomic mass is 10.4. The zero-order valence-electron chi connectivity index (χ0n) is 8.30. The van der Waals surface area contributed by atoms with Crippen LogP contribution in [0.5, 0.6) is 0 Å². The van der Waals surface area contributed by atoms with Gasteiger partial charge in [-0.1, -0.05) is 0 Å². The second-order valence-electron chi connectivity index (χ2n) is 2.72. The van der Waals surface area contributed by atoms with Gasteiger partial charge in [0.2, 0.25) is 0 Å². The van der Waals surface area contributed by atoms with Crippen LogP contribution in [0.2, 0.25) is 0 Å². The SMILES string of the molecule is O=C(O)CONC(=O)NCCc1nccs1. The van der Waals surface area contributed by atoms with Gasteiger partial charge in [-0.15, -0.1) is 11.3 Å². The Morgan fingerprint density at radius 1 is 1.56 bits per heavy atom. The molecule has 0 radical (unpaired) electrons. The van der Waals surface area contributed by atoms with E-state index in [2.05, 4.69) is 15.1 Å². The second-order valence-corrected chi connectivity index (χ2v) is 3.70. The number of aromatic nitrogens is 1. The summed E-state index contributed by atoms with van der Waals surface area (Å²) in [6.07, 6.45) is 2.32. The van der Waals surface area contributed by atoms with Crippen molar-refractivity contribution in [3.63, 3.8) is 0 Å². The Morgan fingerprint density at radius 3 is 3.00 bits per heavy atom. The first kappa shape index (κ1) is 12.4. The maximum atomic E-state index is 11.0. The number of urea groups is 1. The Kier molecular flexibility index (Phi) is 5.23. The summed E-state index contributed by atoms with van der Waals surface area (Å²) >= 11 is 1.50. The summed E-state index contributed by atoms with van der Waals surface area (Å²) < 4.78 is 0. The van der Waals surface area contributed by atoms with E-state index in [1.54, 1.807) is 6.20 Å². The van der Waals surface area contributed by atoms with Crippen LogP contribution in [0.4, 0.5) is 4.79 Å². The van der Waals surface area contributed by atoms with Gasteiger partial charge in [0, 0.05) is 24.5 Å². The highest BCUT2D eigenvalue weighted by molar-refractivity contribution is 7.09. The quantitative estimate of drug-likeness (QED) is 0.612. The molecule has 1 aromatic rings. The highest BCUT2D eigenvalue weighted by atomic mass is 32.1. The van der Waals surface area contributed by atoms with Crippen LogP contribution in [0.1, 0.15) is 5.01 Å². The molecule has 0 saturated heterocycles. The molecule has 1 aromatic heterocycles. The smallest absolute Gasteiger partial charge is 0.338 e. The van der Waals surface area contributed by atoms with Crippen LogP contribution in [-0.2, 0) is 16.1 Å². The summed E-state index contributed by atoms with van der Waals surface area (Å²) in [4.78, 5) is 29.4. The molecule has 0 bridgehead atoms. The predicted octanol–water partition coefficient (Wildman–Crippen LogP) is 0.00100. The largest absolute Gasteiger partial charge is 0.479 e. The fourth-order valence-electron chi connectivity index (χ4n) is 0.859. The first-order valence-corrected chi connectivity index (χ1v) is 5.32. The minimum absolute atomic E-state index is 0.412. The van der Waals surface area contributed by atoms with Crippen molar-refractivity contribution < 1.29 is 19.5 Å².